The highest BCUT2D eigenvalue weighted by Gasteiger charge is 2.27. The number of rotatable bonds is 4. The molecule has 2 heterocycles. The van der Waals surface area contributed by atoms with Gasteiger partial charge in [0.2, 0.25) is 0 Å². The average molecular weight is 289 g/mol. The lowest BCUT2D eigenvalue weighted by Gasteiger charge is -2.18. The van der Waals surface area contributed by atoms with Gasteiger partial charge >= 0.3 is 0 Å². The molecule has 1 fully saturated rings. The van der Waals surface area contributed by atoms with E-state index >= 15 is 0 Å². The molecular formula is C15H19N3OS. The number of benzene rings is 1. The van der Waals surface area contributed by atoms with E-state index in [0.717, 1.165) is 30.8 Å². The minimum atomic E-state index is 0.604. The molecule has 20 heavy (non-hydrogen) atoms. The van der Waals surface area contributed by atoms with Crippen LogP contribution in [0.15, 0.2) is 30.3 Å². The first-order valence-corrected chi connectivity index (χ1v) is 7.61. The Kier molecular flexibility index (Phi) is 3.89. The third-order valence-corrected chi connectivity index (χ3v) is 4.66. The van der Waals surface area contributed by atoms with Crippen LogP contribution in [0, 0.1) is 5.92 Å². The van der Waals surface area contributed by atoms with Gasteiger partial charge in [-0.1, -0.05) is 30.3 Å². The van der Waals surface area contributed by atoms with Crippen LogP contribution in [0.25, 0.3) is 11.1 Å². The Bertz CT molecular complexity index is 570. The molecule has 1 saturated heterocycles. The topological polar surface area (TPSA) is 51.4 Å². The fourth-order valence-electron chi connectivity index (χ4n) is 2.77. The van der Waals surface area contributed by atoms with Crippen molar-refractivity contribution in [3.63, 3.8) is 0 Å². The molecule has 0 aliphatic carbocycles. The number of nitrogens with zero attached hydrogens (tertiary/aromatic N) is 2. The molecular weight excluding hydrogens is 270 g/mol. The molecule has 0 saturated carbocycles. The highest BCUT2D eigenvalue weighted by Crippen LogP contribution is 2.41. The summed E-state index contributed by atoms with van der Waals surface area (Å²) in [4.78, 5) is 2.39. The standard InChI is InChI=1S/C15H19N3OS/c1-19-10-11-7-8-18(9-11)15-13(14(16)17-20-15)12-5-3-2-4-6-12/h2-6,11H,7-10H2,1H3,(H2,16,17). The maximum absolute atomic E-state index is 6.08. The predicted molar refractivity (Wildman–Crippen MR) is 84.2 cm³/mol. The van der Waals surface area contributed by atoms with Gasteiger partial charge in [-0.2, -0.15) is 4.37 Å². The molecule has 4 nitrogen and oxygen atoms in total. The van der Waals surface area contributed by atoms with Crippen molar-refractivity contribution in [2.75, 3.05) is 37.4 Å². The zero-order valence-electron chi connectivity index (χ0n) is 11.6. The van der Waals surface area contributed by atoms with E-state index in [1.54, 1.807) is 7.11 Å². The fourth-order valence-corrected chi connectivity index (χ4v) is 3.65. The number of methoxy groups -OCH3 is 1. The van der Waals surface area contributed by atoms with Crippen LogP contribution in [0.1, 0.15) is 6.42 Å². The van der Waals surface area contributed by atoms with Crippen molar-refractivity contribution in [3.05, 3.63) is 30.3 Å². The monoisotopic (exact) mass is 289 g/mol. The lowest BCUT2D eigenvalue weighted by molar-refractivity contribution is 0.161. The summed E-state index contributed by atoms with van der Waals surface area (Å²) in [6.07, 6.45) is 1.17. The second-order valence-corrected chi connectivity index (χ2v) is 5.92. The first kappa shape index (κ1) is 13.4. The van der Waals surface area contributed by atoms with Gasteiger partial charge in [0, 0.05) is 26.1 Å². The van der Waals surface area contributed by atoms with Crippen LogP contribution in [-0.4, -0.2) is 31.2 Å². The van der Waals surface area contributed by atoms with Crippen molar-refractivity contribution in [1.29, 1.82) is 0 Å². The van der Waals surface area contributed by atoms with Gasteiger partial charge < -0.3 is 15.4 Å². The van der Waals surface area contributed by atoms with Crippen LogP contribution in [0.5, 0.6) is 0 Å². The number of hydrogen-bond acceptors (Lipinski definition) is 5. The zero-order chi connectivity index (χ0) is 13.9. The summed E-state index contributed by atoms with van der Waals surface area (Å²) in [5.74, 6) is 1.23. The summed E-state index contributed by atoms with van der Waals surface area (Å²) in [6, 6.07) is 10.3. The molecule has 5 heteroatoms. The average Bonchev–Trinajstić information content (AvgIpc) is 3.07. The second kappa shape index (κ2) is 5.81. The first-order chi connectivity index (χ1) is 9.79. The highest BCUT2D eigenvalue weighted by atomic mass is 32.1. The Morgan fingerprint density at radius 1 is 1.40 bits per heavy atom. The molecule has 1 aliphatic heterocycles. The van der Waals surface area contributed by atoms with Gasteiger partial charge in [0.05, 0.1) is 12.2 Å². The third kappa shape index (κ3) is 2.51. The van der Waals surface area contributed by atoms with Crippen molar-refractivity contribution >= 4 is 22.4 Å². The van der Waals surface area contributed by atoms with Crippen molar-refractivity contribution in [1.82, 2.24) is 4.37 Å². The molecule has 106 valence electrons. The van der Waals surface area contributed by atoms with Gasteiger partial charge in [0.1, 0.15) is 10.8 Å². The van der Waals surface area contributed by atoms with E-state index < -0.39 is 0 Å². The second-order valence-electron chi connectivity index (χ2n) is 5.17. The van der Waals surface area contributed by atoms with Gasteiger partial charge in [0.15, 0.2) is 0 Å². The molecule has 0 radical (unpaired) electrons. The molecule has 1 aromatic carbocycles. The predicted octanol–water partition coefficient (Wildman–Crippen LogP) is 2.87. The number of nitrogen functional groups attached to an aromatic ring is 1. The Labute approximate surface area is 123 Å². The number of aromatic nitrogens is 1. The molecule has 0 bridgehead atoms. The van der Waals surface area contributed by atoms with Gasteiger partial charge in [-0.25, -0.2) is 0 Å². The largest absolute Gasteiger partial charge is 0.384 e. The van der Waals surface area contributed by atoms with Crippen molar-refractivity contribution in [2.45, 2.75) is 6.42 Å². The van der Waals surface area contributed by atoms with E-state index in [0.29, 0.717) is 11.7 Å². The summed E-state index contributed by atoms with van der Waals surface area (Å²) >= 11 is 1.50. The summed E-state index contributed by atoms with van der Waals surface area (Å²) in [7, 11) is 1.77. The van der Waals surface area contributed by atoms with Crippen molar-refractivity contribution in [3.8, 4) is 11.1 Å². The van der Waals surface area contributed by atoms with Crippen molar-refractivity contribution < 1.29 is 4.74 Å². The number of ether oxygens (including phenoxy) is 1. The molecule has 1 atom stereocenters. The van der Waals surface area contributed by atoms with E-state index in [1.807, 2.05) is 18.2 Å². The molecule has 2 aromatic rings. The SMILES string of the molecule is COCC1CCN(c2snc(N)c2-c2ccccc2)C1. The molecule has 3 rings (SSSR count). The molecule has 1 aliphatic rings. The Morgan fingerprint density at radius 3 is 2.95 bits per heavy atom. The minimum absolute atomic E-state index is 0.604. The minimum Gasteiger partial charge on any atom is -0.384 e. The number of hydrogen-bond donors (Lipinski definition) is 1. The molecule has 2 N–H and O–H groups in total. The molecule has 1 unspecified atom stereocenters. The number of nitrogens with two attached hydrogens (primary N) is 1. The molecule has 0 amide bonds. The fraction of sp³-hybridized carbons (Fsp3) is 0.400. The van der Waals surface area contributed by atoms with Gasteiger partial charge in [-0.15, -0.1) is 0 Å². The van der Waals surface area contributed by atoms with Crippen LogP contribution in [-0.2, 0) is 4.74 Å². The van der Waals surface area contributed by atoms with E-state index in [4.69, 9.17) is 10.5 Å². The van der Waals surface area contributed by atoms with E-state index in [1.165, 1.54) is 23.0 Å². The van der Waals surface area contributed by atoms with Gasteiger partial charge in [-0.05, 0) is 23.5 Å². The smallest absolute Gasteiger partial charge is 0.147 e. The zero-order valence-corrected chi connectivity index (χ0v) is 12.4. The van der Waals surface area contributed by atoms with Crippen LogP contribution in [0.2, 0.25) is 0 Å². The normalized spacial score (nSPS) is 18.6. The van der Waals surface area contributed by atoms with E-state index in [2.05, 4.69) is 21.4 Å². The Balaban J connectivity index is 1.89. The van der Waals surface area contributed by atoms with Crippen LogP contribution in [0.3, 0.4) is 0 Å². The highest BCUT2D eigenvalue weighted by molar-refractivity contribution is 7.11. The summed E-state index contributed by atoms with van der Waals surface area (Å²) in [5, 5.41) is 1.19. The molecule has 0 spiro atoms. The van der Waals surface area contributed by atoms with Crippen LogP contribution < -0.4 is 10.6 Å². The summed E-state index contributed by atoms with van der Waals surface area (Å²) in [6.45, 7) is 2.90. The summed E-state index contributed by atoms with van der Waals surface area (Å²) in [5.41, 5.74) is 8.30. The first-order valence-electron chi connectivity index (χ1n) is 6.84. The van der Waals surface area contributed by atoms with E-state index in [-0.39, 0.29) is 0 Å². The number of anilines is 2. The van der Waals surface area contributed by atoms with Crippen LogP contribution in [0.4, 0.5) is 10.8 Å². The molecule has 1 aromatic heterocycles. The Hall–Kier alpha value is -1.59. The van der Waals surface area contributed by atoms with Crippen molar-refractivity contribution in [2.24, 2.45) is 5.92 Å². The van der Waals surface area contributed by atoms with E-state index in [9.17, 15) is 0 Å². The third-order valence-electron chi connectivity index (χ3n) is 3.74. The Morgan fingerprint density at radius 2 is 2.20 bits per heavy atom. The maximum Gasteiger partial charge on any atom is 0.147 e. The summed E-state index contributed by atoms with van der Waals surface area (Å²) < 4.78 is 9.62. The quantitative estimate of drug-likeness (QED) is 0.940. The lowest BCUT2D eigenvalue weighted by atomic mass is 10.1. The van der Waals surface area contributed by atoms with Gasteiger partial charge in [-0.3, -0.25) is 0 Å². The van der Waals surface area contributed by atoms with Crippen LogP contribution >= 0.6 is 11.5 Å². The van der Waals surface area contributed by atoms with Gasteiger partial charge in [0.25, 0.3) is 0 Å². The lowest BCUT2D eigenvalue weighted by Crippen LogP contribution is -2.20. The maximum atomic E-state index is 6.08.